The molecule has 1 aliphatic rings. The summed E-state index contributed by atoms with van der Waals surface area (Å²) in [4.78, 5) is 16.1. The molecule has 104 valence electrons. The summed E-state index contributed by atoms with van der Waals surface area (Å²) in [7, 11) is 0. The van der Waals surface area contributed by atoms with Crippen molar-refractivity contribution in [2.75, 3.05) is 24.5 Å². The highest BCUT2D eigenvalue weighted by Gasteiger charge is 2.25. The second-order valence-corrected chi connectivity index (χ2v) is 5.17. The van der Waals surface area contributed by atoms with Gasteiger partial charge in [-0.2, -0.15) is 0 Å². The van der Waals surface area contributed by atoms with Crippen molar-refractivity contribution in [3.05, 3.63) is 53.4 Å². The van der Waals surface area contributed by atoms with E-state index >= 15 is 0 Å². The standard InChI is InChI=1S/C15H15ClN2O2/c16-14-7-6-13(20-14)10-17-8-9-18(15(19)11-17)12-4-2-1-3-5-12/h1-7H,8-11H2. The number of piperazine rings is 1. The minimum Gasteiger partial charge on any atom is -0.448 e. The molecule has 0 saturated carbocycles. The molecule has 2 aromatic rings. The molecule has 5 heteroatoms. The van der Waals surface area contributed by atoms with Crippen LogP contribution in [0.25, 0.3) is 0 Å². The van der Waals surface area contributed by atoms with Gasteiger partial charge in [-0.3, -0.25) is 9.69 Å². The van der Waals surface area contributed by atoms with Crippen LogP contribution in [0.3, 0.4) is 0 Å². The zero-order chi connectivity index (χ0) is 13.9. The molecule has 0 atom stereocenters. The fraction of sp³-hybridized carbons (Fsp3) is 0.267. The molecule has 0 spiro atoms. The Hall–Kier alpha value is -1.78. The number of furan rings is 1. The van der Waals surface area contributed by atoms with E-state index in [1.807, 2.05) is 41.3 Å². The van der Waals surface area contributed by atoms with Crippen molar-refractivity contribution in [2.24, 2.45) is 0 Å². The largest absolute Gasteiger partial charge is 0.448 e. The van der Waals surface area contributed by atoms with Crippen LogP contribution in [0.2, 0.25) is 5.22 Å². The van der Waals surface area contributed by atoms with Gasteiger partial charge in [-0.1, -0.05) is 18.2 Å². The van der Waals surface area contributed by atoms with Crippen molar-refractivity contribution >= 4 is 23.2 Å². The maximum atomic E-state index is 12.2. The molecule has 1 aromatic carbocycles. The number of benzene rings is 1. The molecule has 0 bridgehead atoms. The molecule has 1 aliphatic heterocycles. The number of carbonyl (C=O) groups excluding carboxylic acids is 1. The molecule has 1 fully saturated rings. The second kappa shape index (κ2) is 5.69. The fourth-order valence-electron chi connectivity index (χ4n) is 2.39. The van der Waals surface area contributed by atoms with Gasteiger partial charge in [-0.15, -0.1) is 0 Å². The average Bonchev–Trinajstić information content (AvgIpc) is 2.85. The van der Waals surface area contributed by atoms with Crippen molar-refractivity contribution in [2.45, 2.75) is 6.54 Å². The lowest BCUT2D eigenvalue weighted by molar-refractivity contribution is -0.121. The van der Waals surface area contributed by atoms with E-state index in [4.69, 9.17) is 16.0 Å². The van der Waals surface area contributed by atoms with Crippen LogP contribution in [-0.2, 0) is 11.3 Å². The van der Waals surface area contributed by atoms with Crippen LogP contribution in [-0.4, -0.2) is 30.4 Å². The third-order valence-electron chi connectivity index (χ3n) is 3.38. The number of para-hydroxylation sites is 1. The van der Waals surface area contributed by atoms with Gasteiger partial charge in [0.2, 0.25) is 5.91 Å². The Morgan fingerprint density at radius 2 is 1.90 bits per heavy atom. The summed E-state index contributed by atoms with van der Waals surface area (Å²) in [5, 5.41) is 0.384. The van der Waals surface area contributed by atoms with Crippen molar-refractivity contribution in [3.8, 4) is 0 Å². The highest BCUT2D eigenvalue weighted by molar-refractivity contribution is 6.28. The van der Waals surface area contributed by atoms with Crippen LogP contribution in [0, 0.1) is 0 Å². The summed E-state index contributed by atoms with van der Waals surface area (Å²) >= 11 is 5.75. The van der Waals surface area contributed by atoms with E-state index in [1.165, 1.54) is 0 Å². The SMILES string of the molecule is O=C1CN(Cc2ccc(Cl)o2)CCN1c1ccccc1. The van der Waals surface area contributed by atoms with Crippen molar-refractivity contribution < 1.29 is 9.21 Å². The number of amides is 1. The molecule has 1 aromatic heterocycles. The Bertz CT molecular complexity index is 597. The number of halogens is 1. The summed E-state index contributed by atoms with van der Waals surface area (Å²) < 4.78 is 5.33. The first-order valence-electron chi connectivity index (χ1n) is 6.54. The van der Waals surface area contributed by atoms with Crippen LogP contribution in [0.5, 0.6) is 0 Å². The highest BCUT2D eigenvalue weighted by Crippen LogP contribution is 2.19. The molecule has 0 N–H and O–H groups in total. The van der Waals surface area contributed by atoms with Gasteiger partial charge in [0, 0.05) is 18.8 Å². The monoisotopic (exact) mass is 290 g/mol. The lowest BCUT2D eigenvalue weighted by atomic mass is 10.2. The Morgan fingerprint density at radius 3 is 2.55 bits per heavy atom. The molecular weight excluding hydrogens is 276 g/mol. The van der Waals surface area contributed by atoms with Gasteiger partial charge in [0.1, 0.15) is 5.76 Å². The zero-order valence-corrected chi connectivity index (χ0v) is 11.7. The Labute approximate surface area is 122 Å². The first-order valence-corrected chi connectivity index (χ1v) is 6.92. The normalized spacial score (nSPS) is 16.6. The van der Waals surface area contributed by atoms with E-state index in [0.29, 0.717) is 24.9 Å². The van der Waals surface area contributed by atoms with Gasteiger partial charge in [0.05, 0.1) is 13.1 Å². The maximum Gasteiger partial charge on any atom is 0.241 e. The molecule has 0 radical (unpaired) electrons. The Balaban J connectivity index is 1.64. The number of rotatable bonds is 3. The summed E-state index contributed by atoms with van der Waals surface area (Å²) in [6, 6.07) is 13.3. The predicted octanol–water partition coefficient (Wildman–Crippen LogP) is 2.78. The third-order valence-corrected chi connectivity index (χ3v) is 3.58. The van der Waals surface area contributed by atoms with Crippen molar-refractivity contribution in [1.29, 1.82) is 0 Å². The smallest absolute Gasteiger partial charge is 0.241 e. The van der Waals surface area contributed by atoms with Gasteiger partial charge in [-0.25, -0.2) is 0 Å². The van der Waals surface area contributed by atoms with Gasteiger partial charge in [0.15, 0.2) is 5.22 Å². The van der Waals surface area contributed by atoms with E-state index in [9.17, 15) is 4.79 Å². The van der Waals surface area contributed by atoms with Crippen LogP contribution in [0.15, 0.2) is 46.9 Å². The Morgan fingerprint density at radius 1 is 1.10 bits per heavy atom. The second-order valence-electron chi connectivity index (χ2n) is 4.80. The number of carbonyl (C=O) groups is 1. The summed E-state index contributed by atoms with van der Waals surface area (Å²) in [6.45, 7) is 2.52. The molecule has 1 saturated heterocycles. The molecule has 0 unspecified atom stereocenters. The molecule has 2 heterocycles. The quantitative estimate of drug-likeness (QED) is 0.872. The van der Waals surface area contributed by atoms with Gasteiger partial charge in [0.25, 0.3) is 0 Å². The van der Waals surface area contributed by atoms with Gasteiger partial charge < -0.3 is 9.32 Å². The van der Waals surface area contributed by atoms with Crippen LogP contribution in [0.4, 0.5) is 5.69 Å². The lowest BCUT2D eigenvalue weighted by Gasteiger charge is -2.33. The van der Waals surface area contributed by atoms with E-state index in [0.717, 1.165) is 18.0 Å². The topological polar surface area (TPSA) is 36.7 Å². The van der Waals surface area contributed by atoms with Crippen molar-refractivity contribution in [1.82, 2.24) is 4.90 Å². The number of hydrogen-bond donors (Lipinski definition) is 0. The highest BCUT2D eigenvalue weighted by atomic mass is 35.5. The van der Waals surface area contributed by atoms with Gasteiger partial charge >= 0.3 is 0 Å². The summed E-state index contributed by atoms with van der Waals surface area (Å²) in [5.74, 6) is 0.899. The van der Waals surface area contributed by atoms with E-state index in [2.05, 4.69) is 4.90 Å². The third kappa shape index (κ3) is 2.86. The van der Waals surface area contributed by atoms with Gasteiger partial charge in [-0.05, 0) is 35.9 Å². The number of anilines is 1. The average molecular weight is 291 g/mol. The van der Waals surface area contributed by atoms with Crippen LogP contribution < -0.4 is 4.90 Å². The Kier molecular flexibility index (Phi) is 3.76. The van der Waals surface area contributed by atoms with Crippen LogP contribution >= 0.6 is 11.6 Å². The molecule has 1 amide bonds. The fourth-order valence-corrected chi connectivity index (χ4v) is 2.56. The molecular formula is C15H15ClN2O2. The predicted molar refractivity (Wildman–Crippen MR) is 77.8 cm³/mol. The number of nitrogens with zero attached hydrogens (tertiary/aromatic N) is 2. The molecule has 3 rings (SSSR count). The van der Waals surface area contributed by atoms with E-state index in [-0.39, 0.29) is 5.91 Å². The maximum absolute atomic E-state index is 12.2. The van der Waals surface area contributed by atoms with Crippen LogP contribution in [0.1, 0.15) is 5.76 Å². The van der Waals surface area contributed by atoms with Crippen molar-refractivity contribution in [3.63, 3.8) is 0 Å². The first-order chi connectivity index (χ1) is 9.72. The summed E-state index contributed by atoms with van der Waals surface area (Å²) in [6.07, 6.45) is 0. The summed E-state index contributed by atoms with van der Waals surface area (Å²) in [5.41, 5.74) is 0.957. The zero-order valence-electron chi connectivity index (χ0n) is 11.0. The molecule has 4 nitrogen and oxygen atoms in total. The minimum absolute atomic E-state index is 0.111. The van der Waals surface area contributed by atoms with E-state index in [1.54, 1.807) is 6.07 Å². The first kappa shape index (κ1) is 13.2. The minimum atomic E-state index is 0.111. The van der Waals surface area contributed by atoms with E-state index < -0.39 is 0 Å². The molecule has 20 heavy (non-hydrogen) atoms. The molecule has 0 aliphatic carbocycles. The lowest BCUT2D eigenvalue weighted by Crippen LogP contribution is -2.50. The number of hydrogen-bond acceptors (Lipinski definition) is 3.